The van der Waals surface area contributed by atoms with E-state index in [4.69, 9.17) is 0 Å². The smallest absolute Gasteiger partial charge is 0.272 e. The molecule has 3 N–H and O–H groups in total. The number of hydrogen-bond donors (Lipinski definition) is 3. The largest absolute Gasteiger partial charge is 0.346 e. The molecule has 0 radical (unpaired) electrons. The fraction of sp³-hybridized carbons (Fsp3) is 0.318. The predicted molar refractivity (Wildman–Crippen MR) is 111 cm³/mol. The number of nitrogens with zero attached hydrogens (tertiary/aromatic N) is 1. The SMILES string of the molecule is Cn1cc(C2=CCNCC2)cc1C(=O)Nc1ccc(C2=CCNCC2)c(F)c1. The number of halogens is 1. The lowest BCUT2D eigenvalue weighted by Crippen LogP contribution is -2.20. The van der Waals surface area contributed by atoms with E-state index in [0.29, 0.717) is 16.9 Å². The highest BCUT2D eigenvalue weighted by Gasteiger charge is 2.16. The summed E-state index contributed by atoms with van der Waals surface area (Å²) < 4.78 is 16.4. The van der Waals surface area contributed by atoms with Gasteiger partial charge in [0.2, 0.25) is 0 Å². The molecule has 0 aliphatic carbocycles. The maximum atomic E-state index is 14.6. The van der Waals surface area contributed by atoms with Crippen LogP contribution in [-0.4, -0.2) is 36.7 Å². The van der Waals surface area contributed by atoms with E-state index in [1.165, 1.54) is 11.6 Å². The van der Waals surface area contributed by atoms with Crippen molar-refractivity contribution >= 4 is 22.7 Å². The van der Waals surface area contributed by atoms with Crippen LogP contribution in [0.3, 0.4) is 0 Å². The first-order valence-corrected chi connectivity index (χ1v) is 9.69. The quantitative estimate of drug-likeness (QED) is 0.764. The summed E-state index contributed by atoms with van der Waals surface area (Å²) in [4.78, 5) is 12.7. The first-order valence-electron chi connectivity index (χ1n) is 9.69. The molecule has 0 spiro atoms. The zero-order valence-electron chi connectivity index (χ0n) is 16.0. The summed E-state index contributed by atoms with van der Waals surface area (Å²) in [6.45, 7) is 3.41. The lowest BCUT2D eigenvalue weighted by atomic mass is 9.99. The predicted octanol–water partition coefficient (Wildman–Crippen LogP) is 3.17. The van der Waals surface area contributed by atoms with Crippen molar-refractivity contribution in [3.63, 3.8) is 0 Å². The molecule has 2 aliphatic rings. The molecule has 2 aliphatic heterocycles. The molecule has 1 aromatic carbocycles. The van der Waals surface area contributed by atoms with Gasteiger partial charge in [0.1, 0.15) is 11.5 Å². The number of anilines is 1. The Kier molecular flexibility index (Phi) is 5.41. The third-order valence-corrected chi connectivity index (χ3v) is 5.31. The molecule has 0 saturated carbocycles. The molecule has 2 aromatic rings. The van der Waals surface area contributed by atoms with Crippen LogP contribution in [0.4, 0.5) is 10.1 Å². The fourth-order valence-electron chi connectivity index (χ4n) is 3.77. The van der Waals surface area contributed by atoms with Gasteiger partial charge in [-0.1, -0.05) is 12.2 Å². The van der Waals surface area contributed by atoms with Crippen LogP contribution in [0.5, 0.6) is 0 Å². The lowest BCUT2D eigenvalue weighted by molar-refractivity contribution is 0.101. The summed E-state index contributed by atoms with van der Waals surface area (Å²) in [5.74, 6) is -0.546. The number of nitrogens with one attached hydrogen (secondary N) is 3. The van der Waals surface area contributed by atoms with Crippen LogP contribution < -0.4 is 16.0 Å². The standard InChI is InChI=1S/C22H25FN4O/c1-27-14-17(15-4-8-24-9-5-15)12-21(27)22(28)26-18-2-3-19(20(23)13-18)16-6-10-25-11-7-16/h2-4,6,12-14,24-25H,5,7-11H2,1H3,(H,26,28). The second-order valence-corrected chi connectivity index (χ2v) is 7.24. The number of carbonyl (C=O) groups is 1. The zero-order valence-corrected chi connectivity index (χ0v) is 16.0. The molecule has 5 nitrogen and oxygen atoms in total. The van der Waals surface area contributed by atoms with Gasteiger partial charge in [0, 0.05) is 37.6 Å². The number of aryl methyl sites for hydroxylation is 1. The zero-order chi connectivity index (χ0) is 19.5. The maximum Gasteiger partial charge on any atom is 0.272 e. The Morgan fingerprint density at radius 3 is 2.43 bits per heavy atom. The van der Waals surface area contributed by atoms with Gasteiger partial charge in [0.15, 0.2) is 0 Å². The van der Waals surface area contributed by atoms with E-state index < -0.39 is 0 Å². The van der Waals surface area contributed by atoms with Gasteiger partial charge in [0.05, 0.1) is 0 Å². The number of carbonyl (C=O) groups excluding carboxylic acids is 1. The van der Waals surface area contributed by atoms with Crippen LogP contribution >= 0.6 is 0 Å². The molecule has 146 valence electrons. The normalized spacial score (nSPS) is 17.1. The van der Waals surface area contributed by atoms with Gasteiger partial charge in [-0.3, -0.25) is 4.79 Å². The van der Waals surface area contributed by atoms with Crippen LogP contribution in [-0.2, 0) is 7.05 Å². The molecule has 0 bridgehead atoms. The maximum absolute atomic E-state index is 14.6. The molecule has 28 heavy (non-hydrogen) atoms. The van der Waals surface area contributed by atoms with Crippen molar-refractivity contribution in [1.82, 2.24) is 15.2 Å². The van der Waals surface area contributed by atoms with E-state index in [9.17, 15) is 9.18 Å². The molecular formula is C22H25FN4O. The number of aromatic nitrogens is 1. The van der Waals surface area contributed by atoms with E-state index in [-0.39, 0.29) is 11.7 Å². The molecule has 1 amide bonds. The highest BCUT2D eigenvalue weighted by atomic mass is 19.1. The van der Waals surface area contributed by atoms with Crippen LogP contribution in [0.25, 0.3) is 11.1 Å². The first kappa shape index (κ1) is 18.7. The molecule has 1 aromatic heterocycles. The van der Waals surface area contributed by atoms with E-state index >= 15 is 0 Å². The molecule has 0 atom stereocenters. The lowest BCUT2D eigenvalue weighted by Gasteiger charge is -2.15. The minimum Gasteiger partial charge on any atom is -0.346 e. The Bertz CT molecular complexity index is 957. The van der Waals surface area contributed by atoms with Crippen molar-refractivity contribution in [3.05, 3.63) is 65.3 Å². The van der Waals surface area contributed by atoms with Crippen molar-refractivity contribution in [1.29, 1.82) is 0 Å². The van der Waals surface area contributed by atoms with Gasteiger partial charge < -0.3 is 20.5 Å². The van der Waals surface area contributed by atoms with Gasteiger partial charge in [-0.2, -0.15) is 0 Å². The molecule has 3 heterocycles. The van der Waals surface area contributed by atoms with E-state index in [0.717, 1.165) is 50.2 Å². The molecule has 0 unspecified atom stereocenters. The van der Waals surface area contributed by atoms with Gasteiger partial charge >= 0.3 is 0 Å². The molecule has 0 saturated heterocycles. The Balaban J connectivity index is 1.51. The highest BCUT2D eigenvalue weighted by Crippen LogP contribution is 2.26. The van der Waals surface area contributed by atoms with Gasteiger partial charge in [-0.15, -0.1) is 0 Å². The fourth-order valence-corrected chi connectivity index (χ4v) is 3.77. The summed E-state index contributed by atoms with van der Waals surface area (Å²) >= 11 is 0. The summed E-state index contributed by atoms with van der Waals surface area (Å²) in [5.41, 5.74) is 4.95. The number of benzene rings is 1. The first-order chi connectivity index (χ1) is 13.6. The summed E-state index contributed by atoms with van der Waals surface area (Å²) in [7, 11) is 1.85. The Hall–Kier alpha value is -2.70. The number of rotatable bonds is 4. The van der Waals surface area contributed by atoms with Crippen LogP contribution in [0.2, 0.25) is 0 Å². The number of amides is 1. The molecular weight excluding hydrogens is 355 g/mol. The van der Waals surface area contributed by atoms with Crippen molar-refractivity contribution in [2.24, 2.45) is 7.05 Å². The van der Waals surface area contributed by atoms with Gasteiger partial charge in [-0.25, -0.2) is 4.39 Å². The minimum absolute atomic E-state index is 0.239. The average molecular weight is 380 g/mol. The van der Waals surface area contributed by atoms with Crippen molar-refractivity contribution in [3.8, 4) is 0 Å². The number of hydrogen-bond acceptors (Lipinski definition) is 3. The van der Waals surface area contributed by atoms with E-state index in [1.54, 1.807) is 12.1 Å². The summed E-state index contributed by atoms with van der Waals surface area (Å²) in [6, 6.07) is 6.81. The van der Waals surface area contributed by atoms with Crippen LogP contribution in [0, 0.1) is 5.82 Å². The summed E-state index contributed by atoms with van der Waals surface area (Å²) in [5, 5.41) is 9.34. The second-order valence-electron chi connectivity index (χ2n) is 7.24. The third kappa shape index (κ3) is 3.93. The van der Waals surface area contributed by atoms with Crippen LogP contribution in [0.1, 0.15) is 34.5 Å². The van der Waals surface area contributed by atoms with Gasteiger partial charge in [0.25, 0.3) is 5.91 Å². The third-order valence-electron chi connectivity index (χ3n) is 5.31. The van der Waals surface area contributed by atoms with Gasteiger partial charge in [-0.05, 0) is 66.9 Å². The van der Waals surface area contributed by atoms with Crippen molar-refractivity contribution in [2.45, 2.75) is 12.8 Å². The molecule has 4 rings (SSSR count). The summed E-state index contributed by atoms with van der Waals surface area (Å²) in [6.07, 6.45) is 7.90. The average Bonchev–Trinajstić information content (AvgIpc) is 3.11. The van der Waals surface area contributed by atoms with E-state index in [2.05, 4.69) is 22.0 Å². The Morgan fingerprint density at radius 1 is 1.07 bits per heavy atom. The minimum atomic E-state index is -0.307. The monoisotopic (exact) mass is 380 g/mol. The molecule has 0 fully saturated rings. The van der Waals surface area contributed by atoms with E-state index in [1.807, 2.05) is 30.0 Å². The second kappa shape index (κ2) is 8.12. The highest BCUT2D eigenvalue weighted by molar-refractivity contribution is 6.03. The van der Waals surface area contributed by atoms with Crippen molar-refractivity contribution < 1.29 is 9.18 Å². The van der Waals surface area contributed by atoms with Crippen LogP contribution in [0.15, 0.2) is 42.6 Å². The molecule has 6 heteroatoms. The van der Waals surface area contributed by atoms with Crippen molar-refractivity contribution in [2.75, 3.05) is 31.5 Å². The topological polar surface area (TPSA) is 58.1 Å². The Morgan fingerprint density at radius 2 is 1.79 bits per heavy atom. The Labute approximate surface area is 164 Å².